The van der Waals surface area contributed by atoms with Gasteiger partial charge in [0.05, 0.1) is 4.88 Å². The van der Waals surface area contributed by atoms with Gasteiger partial charge in [-0.15, -0.1) is 11.3 Å². The molecule has 0 saturated carbocycles. The lowest BCUT2D eigenvalue weighted by atomic mass is 10.0. The van der Waals surface area contributed by atoms with Crippen molar-refractivity contribution in [3.05, 3.63) is 58.3 Å². The number of rotatable bonds is 6. The summed E-state index contributed by atoms with van der Waals surface area (Å²) in [5.41, 5.74) is 1.23. The van der Waals surface area contributed by atoms with Crippen LogP contribution in [0.4, 0.5) is 0 Å². The SMILES string of the molecule is CC(C)NC(=O)[C@H](C)[NH2+][C@H](c1ccccc1)c1cccs1. The number of nitrogens with two attached hydrogens (primary N) is 1. The standard InChI is InChI=1S/C17H22N2OS/c1-12(2)18-17(20)13(3)19-16(15-10-7-11-21-15)14-8-5-4-6-9-14/h4-13,16,19H,1-3H3,(H,18,20)/p+1/t13-,16+/m0/s1. The molecule has 0 saturated heterocycles. The van der Waals surface area contributed by atoms with Gasteiger partial charge in [0.25, 0.3) is 5.91 Å². The molecule has 1 amide bonds. The number of amides is 1. The summed E-state index contributed by atoms with van der Waals surface area (Å²) in [6, 6.07) is 14.7. The molecule has 21 heavy (non-hydrogen) atoms. The maximum atomic E-state index is 12.2. The lowest BCUT2D eigenvalue weighted by Gasteiger charge is -2.20. The highest BCUT2D eigenvalue weighted by Crippen LogP contribution is 2.22. The molecule has 1 aromatic carbocycles. The van der Waals surface area contributed by atoms with Gasteiger partial charge in [-0.25, -0.2) is 0 Å². The zero-order valence-corrected chi connectivity index (χ0v) is 13.6. The van der Waals surface area contributed by atoms with Crippen molar-refractivity contribution >= 4 is 17.2 Å². The van der Waals surface area contributed by atoms with Gasteiger partial charge < -0.3 is 10.6 Å². The normalized spacial score (nSPS) is 13.9. The number of quaternary nitrogens is 1. The summed E-state index contributed by atoms with van der Waals surface area (Å²) in [6.45, 7) is 5.93. The van der Waals surface area contributed by atoms with Crippen molar-refractivity contribution in [2.75, 3.05) is 0 Å². The molecule has 0 spiro atoms. The van der Waals surface area contributed by atoms with Crippen LogP contribution in [-0.4, -0.2) is 18.0 Å². The van der Waals surface area contributed by atoms with Crippen LogP contribution in [0, 0.1) is 0 Å². The summed E-state index contributed by atoms with van der Waals surface area (Å²) in [5, 5.41) is 7.20. The fourth-order valence-electron chi connectivity index (χ4n) is 2.29. The van der Waals surface area contributed by atoms with E-state index in [-0.39, 0.29) is 24.0 Å². The van der Waals surface area contributed by atoms with Gasteiger partial charge in [0, 0.05) is 11.6 Å². The summed E-state index contributed by atoms with van der Waals surface area (Å²) >= 11 is 1.73. The Balaban J connectivity index is 2.16. The van der Waals surface area contributed by atoms with Crippen LogP contribution in [-0.2, 0) is 4.79 Å². The maximum Gasteiger partial charge on any atom is 0.278 e. The third-order valence-electron chi connectivity index (χ3n) is 3.33. The van der Waals surface area contributed by atoms with Crippen LogP contribution in [0.25, 0.3) is 0 Å². The number of carbonyl (C=O) groups excluding carboxylic acids is 1. The first kappa shape index (κ1) is 15.7. The zero-order valence-electron chi connectivity index (χ0n) is 12.7. The van der Waals surface area contributed by atoms with Gasteiger partial charge in [0.2, 0.25) is 0 Å². The highest BCUT2D eigenvalue weighted by atomic mass is 32.1. The van der Waals surface area contributed by atoms with Gasteiger partial charge in [0.1, 0.15) is 6.04 Å². The molecule has 3 nitrogen and oxygen atoms in total. The topological polar surface area (TPSA) is 45.7 Å². The van der Waals surface area contributed by atoms with E-state index in [2.05, 4.69) is 40.3 Å². The van der Waals surface area contributed by atoms with Gasteiger partial charge in [-0.3, -0.25) is 4.79 Å². The first-order valence-electron chi connectivity index (χ1n) is 7.31. The molecule has 2 aromatic rings. The fourth-order valence-corrected chi connectivity index (χ4v) is 3.12. The molecule has 2 rings (SSSR count). The summed E-state index contributed by atoms with van der Waals surface area (Å²) in [5.74, 6) is 0.0856. The van der Waals surface area contributed by atoms with Gasteiger partial charge >= 0.3 is 0 Å². The van der Waals surface area contributed by atoms with Crippen LogP contribution in [0.2, 0.25) is 0 Å². The number of nitrogens with one attached hydrogen (secondary N) is 1. The van der Waals surface area contributed by atoms with Crippen LogP contribution >= 0.6 is 11.3 Å². The van der Waals surface area contributed by atoms with Gasteiger partial charge in [-0.05, 0) is 32.2 Å². The Bertz CT molecular complexity index is 551. The molecule has 112 valence electrons. The van der Waals surface area contributed by atoms with E-state index in [0.717, 1.165) is 0 Å². The third kappa shape index (κ3) is 4.41. The van der Waals surface area contributed by atoms with Crippen LogP contribution in [0.3, 0.4) is 0 Å². The first-order valence-corrected chi connectivity index (χ1v) is 8.19. The number of hydrogen-bond acceptors (Lipinski definition) is 2. The molecule has 3 N–H and O–H groups in total. The molecule has 2 atom stereocenters. The quantitative estimate of drug-likeness (QED) is 0.845. The molecule has 0 unspecified atom stereocenters. The Kier molecular flexibility index (Phi) is 5.53. The summed E-state index contributed by atoms with van der Waals surface area (Å²) in [7, 11) is 0. The zero-order chi connectivity index (χ0) is 15.2. The predicted octanol–water partition coefficient (Wildman–Crippen LogP) is 2.31. The third-order valence-corrected chi connectivity index (χ3v) is 4.29. The minimum Gasteiger partial charge on any atom is -0.349 e. The Morgan fingerprint density at radius 3 is 2.38 bits per heavy atom. The van der Waals surface area contributed by atoms with Crippen LogP contribution in [0.15, 0.2) is 47.8 Å². The van der Waals surface area contributed by atoms with E-state index in [9.17, 15) is 4.79 Å². The first-order chi connectivity index (χ1) is 10.1. The van der Waals surface area contributed by atoms with Gasteiger partial charge in [-0.2, -0.15) is 0 Å². The van der Waals surface area contributed by atoms with E-state index < -0.39 is 0 Å². The van der Waals surface area contributed by atoms with Crippen molar-refractivity contribution in [3.63, 3.8) is 0 Å². The predicted molar refractivity (Wildman–Crippen MR) is 87.3 cm³/mol. The molecular weight excluding hydrogens is 280 g/mol. The molecular formula is C17H23N2OS+. The van der Waals surface area contributed by atoms with Crippen molar-refractivity contribution in [1.82, 2.24) is 5.32 Å². The lowest BCUT2D eigenvalue weighted by molar-refractivity contribution is -0.704. The second-order valence-corrected chi connectivity index (χ2v) is 6.53. The Hall–Kier alpha value is -1.65. The molecule has 0 bridgehead atoms. The van der Waals surface area contributed by atoms with E-state index in [0.29, 0.717) is 0 Å². The average Bonchev–Trinajstić information content (AvgIpc) is 2.98. The smallest absolute Gasteiger partial charge is 0.278 e. The molecule has 1 aromatic heterocycles. The number of thiophene rings is 1. The van der Waals surface area contributed by atoms with Crippen molar-refractivity contribution in [2.24, 2.45) is 0 Å². The maximum absolute atomic E-state index is 12.2. The highest BCUT2D eigenvalue weighted by Gasteiger charge is 2.25. The molecule has 1 heterocycles. The van der Waals surface area contributed by atoms with Crippen LogP contribution in [0.1, 0.15) is 37.3 Å². The Labute approximate surface area is 130 Å². The second-order valence-electron chi connectivity index (χ2n) is 5.55. The van der Waals surface area contributed by atoms with E-state index in [4.69, 9.17) is 0 Å². The van der Waals surface area contributed by atoms with E-state index >= 15 is 0 Å². The van der Waals surface area contributed by atoms with E-state index in [1.165, 1.54) is 10.4 Å². The van der Waals surface area contributed by atoms with Gasteiger partial charge in [0.15, 0.2) is 6.04 Å². The molecule has 0 fully saturated rings. The molecule has 0 aliphatic carbocycles. The Morgan fingerprint density at radius 2 is 1.81 bits per heavy atom. The number of benzene rings is 1. The van der Waals surface area contributed by atoms with E-state index in [1.54, 1.807) is 11.3 Å². The van der Waals surface area contributed by atoms with Gasteiger partial charge in [-0.1, -0.05) is 36.4 Å². The number of carbonyl (C=O) groups is 1. The van der Waals surface area contributed by atoms with Crippen molar-refractivity contribution in [3.8, 4) is 0 Å². The molecule has 0 radical (unpaired) electrons. The second kappa shape index (κ2) is 7.38. The van der Waals surface area contributed by atoms with Crippen molar-refractivity contribution in [2.45, 2.75) is 38.9 Å². The van der Waals surface area contributed by atoms with E-state index in [1.807, 2.05) is 39.0 Å². The summed E-state index contributed by atoms with van der Waals surface area (Å²) in [4.78, 5) is 13.4. The Morgan fingerprint density at radius 1 is 1.10 bits per heavy atom. The van der Waals surface area contributed by atoms with Crippen LogP contribution in [0.5, 0.6) is 0 Å². The minimum atomic E-state index is -0.125. The molecule has 0 aliphatic rings. The molecule has 0 aliphatic heterocycles. The fraction of sp³-hybridized carbons (Fsp3) is 0.353. The largest absolute Gasteiger partial charge is 0.349 e. The average molecular weight is 303 g/mol. The highest BCUT2D eigenvalue weighted by molar-refractivity contribution is 7.10. The lowest BCUT2D eigenvalue weighted by Crippen LogP contribution is -2.92. The summed E-state index contributed by atoms with van der Waals surface area (Å²) < 4.78 is 0. The number of hydrogen-bond donors (Lipinski definition) is 2. The molecule has 4 heteroatoms. The monoisotopic (exact) mass is 303 g/mol. The summed E-state index contributed by atoms with van der Waals surface area (Å²) in [6.07, 6.45) is 0. The van der Waals surface area contributed by atoms with Crippen molar-refractivity contribution in [1.29, 1.82) is 0 Å². The van der Waals surface area contributed by atoms with Crippen molar-refractivity contribution < 1.29 is 10.1 Å². The van der Waals surface area contributed by atoms with Crippen LogP contribution < -0.4 is 10.6 Å². The minimum absolute atomic E-state index is 0.0856.